The topological polar surface area (TPSA) is 74.4 Å². The van der Waals surface area contributed by atoms with Crippen LogP contribution in [-0.2, 0) is 14.3 Å². The molecule has 1 saturated heterocycles. The summed E-state index contributed by atoms with van der Waals surface area (Å²) < 4.78 is 13.1. The van der Waals surface area contributed by atoms with Gasteiger partial charge in [0, 0.05) is 24.2 Å². The van der Waals surface area contributed by atoms with Crippen LogP contribution < -0.4 is 5.73 Å². The summed E-state index contributed by atoms with van der Waals surface area (Å²) in [5.41, 5.74) is 9.02. The highest BCUT2D eigenvalue weighted by Crippen LogP contribution is 2.69. The van der Waals surface area contributed by atoms with Crippen molar-refractivity contribution in [2.45, 2.75) is 68.7 Å². The normalized spacial score (nSPS) is 38.9. The monoisotopic (exact) mass is 468 g/mol. The Morgan fingerprint density at radius 1 is 1.20 bits per heavy atom. The van der Waals surface area contributed by atoms with E-state index in [-0.39, 0.29) is 29.3 Å². The molecule has 1 unspecified atom stereocenters. The molecule has 1 aromatic heterocycles. The van der Waals surface area contributed by atoms with E-state index in [4.69, 9.17) is 15.2 Å². The number of carbonyl (C=O) groups excluding carboxylic acids is 1. The van der Waals surface area contributed by atoms with Gasteiger partial charge in [0.05, 0.1) is 17.3 Å². The number of hydrogen-bond donors (Lipinski definition) is 1. The van der Waals surface area contributed by atoms with E-state index in [0.29, 0.717) is 11.8 Å². The average Bonchev–Trinajstić information content (AvgIpc) is 3.37. The molecular weight excluding hydrogens is 436 g/mol. The Labute approximate surface area is 206 Å². The minimum absolute atomic E-state index is 0.0515. The first-order valence-electron chi connectivity index (χ1n) is 13.0. The Hall–Kier alpha value is -2.76. The minimum Gasteiger partial charge on any atom is -0.368 e. The number of benzene rings is 1. The highest BCUT2D eigenvalue weighted by atomic mass is 16.5. The van der Waals surface area contributed by atoms with Crippen LogP contribution in [-0.4, -0.2) is 34.8 Å². The lowest BCUT2D eigenvalue weighted by molar-refractivity contribution is -0.141. The number of ether oxygens (including phenoxy) is 2. The van der Waals surface area contributed by atoms with Crippen LogP contribution in [0.15, 0.2) is 72.1 Å². The molecule has 1 amide bonds. The van der Waals surface area contributed by atoms with E-state index >= 15 is 0 Å². The van der Waals surface area contributed by atoms with E-state index in [9.17, 15) is 4.79 Å². The van der Waals surface area contributed by atoms with Crippen LogP contribution in [0.3, 0.4) is 0 Å². The smallest absolute Gasteiger partial charge is 0.243 e. The lowest BCUT2D eigenvalue weighted by Gasteiger charge is -2.53. The van der Waals surface area contributed by atoms with E-state index in [1.807, 2.05) is 12.4 Å². The number of nitrogens with zero attached hydrogens (tertiary/aromatic N) is 1. The Bertz CT molecular complexity index is 1330. The maximum Gasteiger partial charge on any atom is 0.243 e. The number of pyridine rings is 1. The Morgan fingerprint density at radius 3 is 3.00 bits per heavy atom. The van der Waals surface area contributed by atoms with Crippen molar-refractivity contribution in [3.8, 4) is 0 Å². The van der Waals surface area contributed by atoms with Crippen molar-refractivity contribution in [2.24, 2.45) is 17.1 Å². The molecule has 1 aromatic carbocycles. The summed E-state index contributed by atoms with van der Waals surface area (Å²) in [7, 11) is 0. The standard InChI is InChI=1S/C30H32N2O3/c1-28-10-8-23-15-22-4-5-24(34-18-27(31)33)16-29(22)11-12-30(23,35-29)26(28)7-6-25(28)20-3-2-19-9-13-32-17-21(19)14-20/h2-5,8-9,13-15,17,24-26H,6-7,10-12,16,18H2,1H3,(H2,31,33)/t24-,25-,26-,28-,29?,30-/m1/s1. The SMILES string of the molecule is C[C@]12CC=C3C=C4C=C[C@@H](OCC(N)=O)CC45CC[C@]3(O5)[C@@H]1CC[C@@H]2c1ccc2ccncc2c1. The highest BCUT2D eigenvalue weighted by Gasteiger charge is 2.66. The second kappa shape index (κ2) is 7.37. The van der Waals surface area contributed by atoms with Gasteiger partial charge in [-0.25, -0.2) is 0 Å². The van der Waals surface area contributed by atoms with Gasteiger partial charge in [-0.2, -0.15) is 0 Å². The van der Waals surface area contributed by atoms with Crippen LogP contribution >= 0.6 is 0 Å². The van der Waals surface area contributed by atoms with Crippen LogP contribution in [0, 0.1) is 11.3 Å². The van der Waals surface area contributed by atoms with Gasteiger partial charge in [-0.15, -0.1) is 0 Å². The number of hydrogen-bond acceptors (Lipinski definition) is 4. The summed E-state index contributed by atoms with van der Waals surface area (Å²) in [6.07, 6.45) is 19.0. The molecule has 2 N–H and O–H groups in total. The van der Waals surface area contributed by atoms with Gasteiger partial charge in [0.2, 0.25) is 5.91 Å². The number of primary amides is 1. The summed E-state index contributed by atoms with van der Waals surface area (Å²) in [4.78, 5) is 15.6. The summed E-state index contributed by atoms with van der Waals surface area (Å²) in [6.45, 7) is 2.45. The van der Waals surface area contributed by atoms with Crippen LogP contribution in [0.4, 0.5) is 0 Å². The van der Waals surface area contributed by atoms with Crippen molar-refractivity contribution in [1.29, 1.82) is 0 Å². The third-order valence-corrected chi connectivity index (χ3v) is 9.79. The largest absolute Gasteiger partial charge is 0.368 e. The summed E-state index contributed by atoms with van der Waals surface area (Å²) in [5.74, 6) is 0.560. The number of nitrogens with two attached hydrogens (primary N) is 1. The number of aromatic nitrogens is 1. The molecule has 2 fully saturated rings. The third kappa shape index (κ3) is 3.01. The Morgan fingerprint density at radius 2 is 2.11 bits per heavy atom. The predicted molar refractivity (Wildman–Crippen MR) is 135 cm³/mol. The first-order valence-corrected chi connectivity index (χ1v) is 13.0. The zero-order chi connectivity index (χ0) is 23.8. The third-order valence-electron chi connectivity index (χ3n) is 9.79. The van der Waals surface area contributed by atoms with Crippen molar-refractivity contribution in [3.05, 3.63) is 77.7 Å². The first kappa shape index (κ1) is 21.5. The van der Waals surface area contributed by atoms with Crippen molar-refractivity contribution in [3.63, 3.8) is 0 Å². The van der Waals surface area contributed by atoms with Gasteiger partial charge < -0.3 is 15.2 Å². The first-order chi connectivity index (χ1) is 16.9. The maximum absolute atomic E-state index is 11.3. The molecule has 5 heteroatoms. The molecule has 2 bridgehead atoms. The molecule has 180 valence electrons. The molecule has 5 nitrogen and oxygen atoms in total. The summed E-state index contributed by atoms with van der Waals surface area (Å²) in [6, 6.07) is 9.03. The second-order valence-corrected chi connectivity index (χ2v) is 11.5. The van der Waals surface area contributed by atoms with E-state index in [2.05, 4.69) is 60.5 Å². The highest BCUT2D eigenvalue weighted by molar-refractivity contribution is 5.82. The van der Waals surface area contributed by atoms with Gasteiger partial charge in [-0.1, -0.05) is 43.4 Å². The van der Waals surface area contributed by atoms with Gasteiger partial charge in [0.15, 0.2) is 0 Å². The molecule has 0 radical (unpaired) electrons. The molecule has 1 saturated carbocycles. The fourth-order valence-electron chi connectivity index (χ4n) is 8.20. The second-order valence-electron chi connectivity index (χ2n) is 11.5. The molecule has 2 aromatic rings. The number of rotatable bonds is 4. The van der Waals surface area contributed by atoms with Crippen LogP contribution in [0.1, 0.15) is 56.9 Å². The van der Waals surface area contributed by atoms with Crippen LogP contribution in [0.2, 0.25) is 0 Å². The summed E-state index contributed by atoms with van der Waals surface area (Å²) in [5, 5.41) is 2.47. The molecule has 3 heterocycles. The zero-order valence-electron chi connectivity index (χ0n) is 20.2. The van der Waals surface area contributed by atoms with Crippen LogP contribution in [0.25, 0.3) is 10.8 Å². The number of allylic oxidation sites excluding steroid dienone is 1. The molecule has 2 aliphatic heterocycles. The van der Waals surface area contributed by atoms with Gasteiger partial charge in [0.1, 0.15) is 6.61 Å². The molecule has 6 atom stereocenters. The fraction of sp³-hybridized carbons (Fsp3) is 0.467. The predicted octanol–water partition coefficient (Wildman–Crippen LogP) is 5.12. The summed E-state index contributed by atoms with van der Waals surface area (Å²) >= 11 is 0. The molecular formula is C30H32N2O3. The van der Waals surface area contributed by atoms with Gasteiger partial charge in [-0.3, -0.25) is 9.78 Å². The molecule has 35 heavy (non-hydrogen) atoms. The Balaban J connectivity index is 1.23. The van der Waals surface area contributed by atoms with Crippen LogP contribution in [0.5, 0.6) is 0 Å². The van der Waals surface area contributed by atoms with Gasteiger partial charge in [-0.05, 0) is 83.6 Å². The number of amides is 1. The molecule has 5 aliphatic rings. The van der Waals surface area contributed by atoms with Crippen molar-refractivity contribution in [1.82, 2.24) is 4.98 Å². The average molecular weight is 469 g/mol. The minimum atomic E-state index is -0.431. The van der Waals surface area contributed by atoms with E-state index in [1.54, 1.807) is 0 Å². The van der Waals surface area contributed by atoms with E-state index in [0.717, 1.165) is 25.7 Å². The molecule has 3 aliphatic carbocycles. The van der Waals surface area contributed by atoms with Crippen molar-refractivity contribution >= 4 is 16.7 Å². The Kier molecular flexibility index (Phi) is 4.53. The van der Waals surface area contributed by atoms with Crippen molar-refractivity contribution < 1.29 is 14.3 Å². The number of fused-ring (bicyclic) bond motifs is 2. The van der Waals surface area contributed by atoms with Gasteiger partial charge >= 0.3 is 0 Å². The fourth-order valence-corrected chi connectivity index (χ4v) is 8.20. The van der Waals surface area contributed by atoms with E-state index in [1.165, 1.54) is 40.3 Å². The van der Waals surface area contributed by atoms with Gasteiger partial charge in [0.25, 0.3) is 0 Å². The zero-order valence-corrected chi connectivity index (χ0v) is 20.2. The number of carbonyl (C=O) groups is 1. The maximum atomic E-state index is 11.3. The van der Waals surface area contributed by atoms with E-state index < -0.39 is 5.91 Å². The van der Waals surface area contributed by atoms with Crippen molar-refractivity contribution in [2.75, 3.05) is 6.61 Å². The lowest BCUT2D eigenvalue weighted by Crippen LogP contribution is -2.53. The molecule has 2 spiro atoms. The lowest BCUT2D eigenvalue weighted by atomic mass is 9.58. The molecule has 7 rings (SSSR count). The quantitative estimate of drug-likeness (QED) is 0.676.